The lowest BCUT2D eigenvalue weighted by molar-refractivity contribution is 0.441. The van der Waals surface area contributed by atoms with E-state index in [1.54, 1.807) is 0 Å². The van der Waals surface area contributed by atoms with Crippen LogP contribution in [0.5, 0.6) is 5.75 Å². The lowest BCUT2D eigenvalue weighted by Crippen LogP contribution is -2.19. The van der Waals surface area contributed by atoms with E-state index in [-0.39, 0.29) is 16.6 Å². The van der Waals surface area contributed by atoms with Crippen molar-refractivity contribution < 1.29 is 5.11 Å². The zero-order valence-electron chi connectivity index (χ0n) is 31.7. The van der Waals surface area contributed by atoms with Crippen LogP contribution in [0.3, 0.4) is 0 Å². The first-order valence-electron chi connectivity index (χ1n) is 18.5. The van der Waals surface area contributed by atoms with Crippen LogP contribution in [0.4, 0.5) is 0 Å². The van der Waals surface area contributed by atoms with Gasteiger partial charge in [-0.3, -0.25) is 9.55 Å². The van der Waals surface area contributed by atoms with Crippen molar-refractivity contribution in [3.8, 4) is 67.6 Å². The van der Waals surface area contributed by atoms with Crippen LogP contribution in [0.1, 0.15) is 52.8 Å². The largest absolute Gasteiger partial charge is 0.505 e. The Morgan fingerprint density at radius 1 is 0.519 bits per heavy atom. The van der Waals surface area contributed by atoms with Gasteiger partial charge in [0.15, 0.2) is 5.82 Å². The van der Waals surface area contributed by atoms with E-state index in [9.17, 15) is 5.11 Å². The molecule has 1 N–H and O–H groups in total. The Hall–Kier alpha value is -6.33. The number of benzene rings is 5. The number of rotatable bonds is 6. The SMILES string of the molecule is CC(C)(C)c1cc(C(C)(C)C)c(O)c(-c2nc3c(-c4cccc(-c5cc(-c6ccc(-c7ccccc7)cc6)ccn5)c4)cccc3n2-c2ccccc2)n1. The van der Waals surface area contributed by atoms with Crippen molar-refractivity contribution >= 4 is 11.0 Å². The minimum Gasteiger partial charge on any atom is -0.505 e. The van der Waals surface area contributed by atoms with E-state index < -0.39 is 0 Å². The molecule has 0 aliphatic carbocycles. The number of hydrogen-bond acceptors (Lipinski definition) is 4. The predicted octanol–water partition coefficient (Wildman–Crippen LogP) is 12.5. The van der Waals surface area contributed by atoms with E-state index in [1.165, 1.54) is 11.1 Å². The summed E-state index contributed by atoms with van der Waals surface area (Å²) in [5.74, 6) is 0.758. The number of aromatic hydroxyl groups is 1. The first kappa shape index (κ1) is 34.7. The monoisotopic (exact) mass is 704 g/mol. The Kier molecular flexibility index (Phi) is 8.74. The van der Waals surface area contributed by atoms with Gasteiger partial charge in [-0.05, 0) is 75.7 Å². The Morgan fingerprint density at radius 2 is 1.13 bits per heavy atom. The average molecular weight is 705 g/mol. The third-order valence-corrected chi connectivity index (χ3v) is 10.0. The summed E-state index contributed by atoms with van der Waals surface area (Å²) in [7, 11) is 0. The van der Waals surface area contributed by atoms with Gasteiger partial charge in [0.25, 0.3) is 0 Å². The Labute approximate surface area is 317 Å². The van der Waals surface area contributed by atoms with E-state index in [0.29, 0.717) is 11.5 Å². The van der Waals surface area contributed by atoms with Gasteiger partial charge in [-0.1, -0.05) is 145 Å². The molecule has 8 rings (SSSR count). The molecule has 0 atom stereocenters. The van der Waals surface area contributed by atoms with Crippen molar-refractivity contribution in [2.75, 3.05) is 0 Å². The highest BCUT2D eigenvalue weighted by molar-refractivity contribution is 5.96. The summed E-state index contributed by atoms with van der Waals surface area (Å²) < 4.78 is 2.12. The molecule has 0 radical (unpaired) electrons. The summed E-state index contributed by atoms with van der Waals surface area (Å²) in [6.45, 7) is 12.8. The lowest BCUT2D eigenvalue weighted by Gasteiger charge is -2.26. The van der Waals surface area contributed by atoms with E-state index in [2.05, 4.69) is 161 Å². The molecule has 5 aromatic carbocycles. The van der Waals surface area contributed by atoms with Crippen LogP contribution in [0, 0.1) is 0 Å². The summed E-state index contributed by atoms with van der Waals surface area (Å²) in [5, 5.41) is 12.0. The van der Waals surface area contributed by atoms with Gasteiger partial charge in [-0.25, -0.2) is 9.97 Å². The smallest absolute Gasteiger partial charge is 0.168 e. The predicted molar refractivity (Wildman–Crippen MR) is 223 cm³/mol. The molecule has 5 nitrogen and oxygen atoms in total. The molecular formula is C49H44N4O. The van der Waals surface area contributed by atoms with Crippen molar-refractivity contribution in [1.29, 1.82) is 0 Å². The molecular weight excluding hydrogens is 661 g/mol. The van der Waals surface area contributed by atoms with Gasteiger partial charge >= 0.3 is 0 Å². The average Bonchev–Trinajstić information content (AvgIpc) is 3.57. The second-order valence-corrected chi connectivity index (χ2v) is 16.0. The first-order valence-corrected chi connectivity index (χ1v) is 18.5. The standard InChI is InChI=1S/C49H44N4O/c1-48(2,3)40-31-43(49(4,5)6)51-45(46(40)54)47-52-44-39(21-14-22-42(44)53(47)38-19-11-8-12-20-38)36-17-13-18-37(29-36)41-30-35(27-28-50-41)34-25-23-33(24-26-34)32-15-9-7-10-16-32/h7-31,54H,1-6H3. The molecule has 266 valence electrons. The molecule has 8 aromatic rings. The van der Waals surface area contributed by atoms with Crippen LogP contribution in [0.2, 0.25) is 0 Å². The second-order valence-electron chi connectivity index (χ2n) is 16.0. The van der Waals surface area contributed by atoms with Crippen LogP contribution >= 0.6 is 0 Å². The van der Waals surface area contributed by atoms with Gasteiger partial charge in [0.2, 0.25) is 0 Å². The van der Waals surface area contributed by atoms with Gasteiger partial charge in [0, 0.05) is 39.7 Å². The summed E-state index contributed by atoms with van der Waals surface area (Å²) >= 11 is 0. The number of aromatic nitrogens is 4. The number of fused-ring (bicyclic) bond motifs is 1. The summed E-state index contributed by atoms with van der Waals surface area (Å²) in [6, 6.07) is 50.4. The summed E-state index contributed by atoms with van der Waals surface area (Å²) in [6.07, 6.45) is 1.88. The maximum atomic E-state index is 12.0. The number of imidazole rings is 1. The van der Waals surface area contributed by atoms with Gasteiger partial charge in [0.1, 0.15) is 11.4 Å². The third-order valence-electron chi connectivity index (χ3n) is 10.0. The maximum Gasteiger partial charge on any atom is 0.168 e. The molecule has 0 bridgehead atoms. The fraction of sp³-hybridized carbons (Fsp3) is 0.163. The summed E-state index contributed by atoms with van der Waals surface area (Å²) in [5.41, 5.74) is 12.9. The van der Waals surface area contributed by atoms with Crippen LogP contribution in [0.15, 0.2) is 152 Å². The lowest BCUT2D eigenvalue weighted by atomic mass is 9.82. The van der Waals surface area contributed by atoms with Crippen LogP contribution in [-0.2, 0) is 10.8 Å². The maximum absolute atomic E-state index is 12.0. The van der Waals surface area contributed by atoms with Crippen LogP contribution in [-0.4, -0.2) is 24.6 Å². The Bertz CT molecular complexity index is 2610. The fourth-order valence-electron chi connectivity index (χ4n) is 7.08. The zero-order chi connectivity index (χ0) is 37.6. The molecule has 0 saturated carbocycles. The Morgan fingerprint density at radius 3 is 1.81 bits per heavy atom. The number of pyridine rings is 2. The molecule has 3 aromatic heterocycles. The summed E-state index contributed by atoms with van der Waals surface area (Å²) in [4.78, 5) is 15.3. The molecule has 0 aliphatic rings. The highest BCUT2D eigenvalue weighted by Gasteiger charge is 2.29. The molecule has 0 fully saturated rings. The van der Waals surface area contributed by atoms with Crippen molar-refractivity contribution in [3.05, 3.63) is 163 Å². The Balaban J connectivity index is 1.25. The molecule has 54 heavy (non-hydrogen) atoms. The molecule has 0 amide bonds. The first-order chi connectivity index (χ1) is 26.0. The molecule has 0 saturated heterocycles. The number of nitrogens with zero attached hydrogens (tertiary/aromatic N) is 4. The van der Waals surface area contributed by atoms with Crippen molar-refractivity contribution in [2.24, 2.45) is 0 Å². The highest BCUT2D eigenvalue weighted by Crippen LogP contribution is 2.42. The van der Waals surface area contributed by atoms with E-state index in [4.69, 9.17) is 15.0 Å². The van der Waals surface area contributed by atoms with Crippen LogP contribution in [0.25, 0.3) is 72.9 Å². The molecule has 3 heterocycles. The van der Waals surface area contributed by atoms with E-state index >= 15 is 0 Å². The van der Waals surface area contributed by atoms with E-state index in [0.717, 1.165) is 61.5 Å². The number of para-hydroxylation sites is 2. The van der Waals surface area contributed by atoms with E-state index in [1.807, 2.05) is 36.5 Å². The normalized spacial score (nSPS) is 12.0. The second kappa shape index (κ2) is 13.6. The third kappa shape index (κ3) is 6.58. The molecule has 0 spiro atoms. The molecule has 0 aliphatic heterocycles. The zero-order valence-corrected chi connectivity index (χ0v) is 31.7. The van der Waals surface area contributed by atoms with Crippen molar-refractivity contribution in [3.63, 3.8) is 0 Å². The minimum absolute atomic E-state index is 0.159. The number of hydrogen-bond donors (Lipinski definition) is 1. The topological polar surface area (TPSA) is 63.8 Å². The van der Waals surface area contributed by atoms with Gasteiger partial charge in [-0.2, -0.15) is 0 Å². The minimum atomic E-state index is -0.312. The highest BCUT2D eigenvalue weighted by atomic mass is 16.3. The molecule has 5 heteroatoms. The van der Waals surface area contributed by atoms with Crippen LogP contribution < -0.4 is 0 Å². The fourth-order valence-corrected chi connectivity index (χ4v) is 7.08. The van der Waals surface area contributed by atoms with Crippen molar-refractivity contribution in [1.82, 2.24) is 19.5 Å². The van der Waals surface area contributed by atoms with Gasteiger partial charge in [0.05, 0.1) is 16.7 Å². The quantitative estimate of drug-likeness (QED) is 0.187. The molecule has 0 unspecified atom stereocenters. The van der Waals surface area contributed by atoms with Crippen molar-refractivity contribution in [2.45, 2.75) is 52.4 Å². The van der Waals surface area contributed by atoms with Gasteiger partial charge in [-0.15, -0.1) is 0 Å². The van der Waals surface area contributed by atoms with Gasteiger partial charge < -0.3 is 5.11 Å².